The predicted octanol–water partition coefficient (Wildman–Crippen LogP) is 3.28. The van der Waals surface area contributed by atoms with Gasteiger partial charge in [-0.25, -0.2) is 0 Å². The molecule has 21 heavy (non-hydrogen) atoms. The average molecular weight is 354 g/mol. The Morgan fingerprint density at radius 2 is 2.33 bits per heavy atom. The van der Waals surface area contributed by atoms with Crippen molar-refractivity contribution in [2.24, 2.45) is 5.92 Å². The summed E-state index contributed by atoms with van der Waals surface area (Å²) in [5.41, 5.74) is 0.743. The number of ether oxygens (including phenoxy) is 1. The van der Waals surface area contributed by atoms with Gasteiger partial charge in [-0.3, -0.25) is 0 Å². The van der Waals surface area contributed by atoms with Crippen molar-refractivity contribution in [3.63, 3.8) is 0 Å². The highest BCUT2D eigenvalue weighted by Gasteiger charge is 2.32. The minimum absolute atomic E-state index is 0.180. The molecule has 3 unspecified atom stereocenters. The molecule has 2 N–H and O–H groups in total. The van der Waals surface area contributed by atoms with Crippen molar-refractivity contribution in [3.8, 4) is 5.75 Å². The van der Waals surface area contributed by atoms with Crippen LogP contribution < -0.4 is 10.1 Å². The molecular weight excluding hydrogens is 330 g/mol. The lowest BCUT2D eigenvalue weighted by atomic mass is 9.79. The lowest BCUT2D eigenvalue weighted by Crippen LogP contribution is -2.46. The van der Waals surface area contributed by atoms with Gasteiger partial charge in [0.05, 0.1) is 5.60 Å². The fourth-order valence-corrected chi connectivity index (χ4v) is 4.07. The van der Waals surface area contributed by atoms with Crippen LogP contribution >= 0.6 is 15.9 Å². The molecule has 0 spiro atoms. The molecule has 116 valence electrons. The molecule has 1 fully saturated rings. The van der Waals surface area contributed by atoms with Gasteiger partial charge in [0, 0.05) is 24.0 Å². The van der Waals surface area contributed by atoms with E-state index in [0.717, 1.165) is 42.5 Å². The maximum atomic E-state index is 10.6. The molecule has 3 rings (SSSR count). The van der Waals surface area contributed by atoms with Crippen LogP contribution in [-0.2, 0) is 6.42 Å². The molecule has 1 aromatic carbocycles. The van der Waals surface area contributed by atoms with Gasteiger partial charge in [-0.2, -0.15) is 0 Å². The third-order valence-electron chi connectivity index (χ3n) is 4.66. The van der Waals surface area contributed by atoms with Crippen LogP contribution in [0.3, 0.4) is 0 Å². The van der Waals surface area contributed by atoms with Crippen molar-refractivity contribution in [1.82, 2.24) is 5.32 Å². The first-order valence-corrected chi connectivity index (χ1v) is 8.72. The number of benzene rings is 1. The van der Waals surface area contributed by atoms with E-state index in [0.29, 0.717) is 12.5 Å². The van der Waals surface area contributed by atoms with Gasteiger partial charge in [0.25, 0.3) is 0 Å². The van der Waals surface area contributed by atoms with Gasteiger partial charge >= 0.3 is 0 Å². The molecule has 0 radical (unpaired) electrons. The SMILES string of the molecule is CC1CCCC(O)(CNCC2Cc3cc(Br)ccc3O2)C1. The Balaban J connectivity index is 1.47. The predicted molar refractivity (Wildman–Crippen MR) is 87.7 cm³/mol. The first kappa shape index (κ1) is 15.3. The highest BCUT2D eigenvalue weighted by atomic mass is 79.9. The van der Waals surface area contributed by atoms with E-state index in [1.54, 1.807) is 0 Å². The lowest BCUT2D eigenvalue weighted by Gasteiger charge is -2.36. The molecule has 3 nitrogen and oxygen atoms in total. The minimum atomic E-state index is -0.522. The van der Waals surface area contributed by atoms with E-state index in [1.807, 2.05) is 12.1 Å². The second kappa shape index (κ2) is 6.27. The summed E-state index contributed by atoms with van der Waals surface area (Å²) in [6.07, 6.45) is 5.34. The Labute approximate surface area is 135 Å². The zero-order valence-electron chi connectivity index (χ0n) is 12.6. The molecule has 3 atom stereocenters. The fraction of sp³-hybridized carbons (Fsp3) is 0.647. The van der Waals surface area contributed by atoms with E-state index in [2.05, 4.69) is 34.2 Å². The summed E-state index contributed by atoms with van der Waals surface area (Å²) >= 11 is 3.50. The topological polar surface area (TPSA) is 41.5 Å². The molecule has 0 aromatic heterocycles. The lowest BCUT2D eigenvalue weighted by molar-refractivity contribution is -0.0128. The van der Waals surface area contributed by atoms with Crippen molar-refractivity contribution in [3.05, 3.63) is 28.2 Å². The zero-order valence-corrected chi connectivity index (χ0v) is 14.2. The van der Waals surface area contributed by atoms with Gasteiger partial charge < -0.3 is 15.2 Å². The maximum Gasteiger partial charge on any atom is 0.123 e. The summed E-state index contributed by atoms with van der Waals surface area (Å²) in [4.78, 5) is 0. The first-order chi connectivity index (χ1) is 10.0. The van der Waals surface area contributed by atoms with Crippen LogP contribution in [0, 0.1) is 5.92 Å². The van der Waals surface area contributed by atoms with Gasteiger partial charge in [0.2, 0.25) is 0 Å². The number of nitrogens with one attached hydrogen (secondary N) is 1. The van der Waals surface area contributed by atoms with E-state index in [-0.39, 0.29) is 6.10 Å². The van der Waals surface area contributed by atoms with Crippen LogP contribution in [0.4, 0.5) is 0 Å². The number of fused-ring (bicyclic) bond motifs is 1. The largest absolute Gasteiger partial charge is 0.488 e. The van der Waals surface area contributed by atoms with Crippen molar-refractivity contribution in [2.75, 3.05) is 13.1 Å². The molecule has 0 saturated heterocycles. The summed E-state index contributed by atoms with van der Waals surface area (Å²) < 4.78 is 7.04. The van der Waals surface area contributed by atoms with Crippen molar-refractivity contribution < 1.29 is 9.84 Å². The number of hydrogen-bond donors (Lipinski definition) is 2. The maximum absolute atomic E-state index is 10.6. The second-order valence-corrected chi connectivity index (χ2v) is 7.67. The van der Waals surface area contributed by atoms with Crippen LogP contribution in [0.2, 0.25) is 0 Å². The molecule has 0 amide bonds. The minimum Gasteiger partial charge on any atom is -0.488 e. The molecule has 1 saturated carbocycles. The molecule has 1 aliphatic heterocycles. The molecule has 1 heterocycles. The van der Waals surface area contributed by atoms with Gasteiger partial charge in [0.1, 0.15) is 11.9 Å². The molecular formula is C17H24BrNO2. The summed E-state index contributed by atoms with van der Waals surface area (Å²) in [5, 5.41) is 14.0. The van der Waals surface area contributed by atoms with Gasteiger partial charge in [-0.1, -0.05) is 35.7 Å². The first-order valence-electron chi connectivity index (χ1n) is 7.92. The summed E-state index contributed by atoms with van der Waals surface area (Å²) in [5.74, 6) is 1.63. The summed E-state index contributed by atoms with van der Waals surface area (Å²) in [7, 11) is 0. The highest BCUT2D eigenvalue weighted by molar-refractivity contribution is 9.10. The third-order valence-corrected chi connectivity index (χ3v) is 5.15. The Morgan fingerprint density at radius 1 is 1.48 bits per heavy atom. The van der Waals surface area contributed by atoms with Crippen LogP contribution in [-0.4, -0.2) is 29.9 Å². The average Bonchev–Trinajstić information content (AvgIpc) is 2.79. The number of halogens is 1. The number of rotatable bonds is 4. The van der Waals surface area contributed by atoms with Gasteiger partial charge in [-0.15, -0.1) is 0 Å². The van der Waals surface area contributed by atoms with Gasteiger partial charge in [0.15, 0.2) is 0 Å². The highest BCUT2D eigenvalue weighted by Crippen LogP contribution is 2.33. The monoisotopic (exact) mass is 353 g/mol. The normalized spacial score (nSPS) is 31.8. The standard InChI is InChI=1S/C17H24BrNO2/c1-12-3-2-6-17(20,9-12)11-19-10-15-8-13-7-14(18)4-5-16(13)21-15/h4-5,7,12,15,19-20H,2-3,6,8-11H2,1H3. The molecule has 0 bridgehead atoms. The van der Waals surface area contributed by atoms with Crippen LogP contribution in [0.1, 0.15) is 38.2 Å². The molecule has 1 aromatic rings. The quantitative estimate of drug-likeness (QED) is 0.872. The van der Waals surface area contributed by atoms with E-state index in [1.165, 1.54) is 12.0 Å². The zero-order chi connectivity index (χ0) is 14.9. The van der Waals surface area contributed by atoms with Gasteiger partial charge in [-0.05, 0) is 42.5 Å². The smallest absolute Gasteiger partial charge is 0.123 e. The van der Waals surface area contributed by atoms with Crippen molar-refractivity contribution in [2.45, 2.75) is 50.7 Å². The van der Waals surface area contributed by atoms with Crippen LogP contribution in [0.15, 0.2) is 22.7 Å². The Morgan fingerprint density at radius 3 is 3.14 bits per heavy atom. The second-order valence-electron chi connectivity index (χ2n) is 6.75. The Bertz CT molecular complexity index is 508. The third kappa shape index (κ3) is 3.79. The number of hydrogen-bond acceptors (Lipinski definition) is 3. The van der Waals surface area contributed by atoms with E-state index >= 15 is 0 Å². The van der Waals surface area contributed by atoms with E-state index < -0.39 is 5.60 Å². The fourth-order valence-electron chi connectivity index (χ4n) is 3.66. The van der Waals surface area contributed by atoms with Crippen LogP contribution in [0.25, 0.3) is 0 Å². The summed E-state index contributed by atoms with van der Waals surface area (Å²) in [6, 6.07) is 6.17. The van der Waals surface area contributed by atoms with E-state index in [4.69, 9.17) is 4.74 Å². The molecule has 1 aliphatic carbocycles. The van der Waals surface area contributed by atoms with Crippen molar-refractivity contribution in [1.29, 1.82) is 0 Å². The van der Waals surface area contributed by atoms with Crippen molar-refractivity contribution >= 4 is 15.9 Å². The summed E-state index contributed by atoms with van der Waals surface area (Å²) in [6.45, 7) is 3.71. The Kier molecular flexibility index (Phi) is 4.57. The van der Waals surface area contributed by atoms with Crippen LogP contribution in [0.5, 0.6) is 5.75 Å². The Hall–Kier alpha value is -0.580. The number of aliphatic hydroxyl groups is 1. The molecule has 2 aliphatic rings. The van der Waals surface area contributed by atoms with E-state index in [9.17, 15) is 5.11 Å². The molecule has 4 heteroatoms.